The van der Waals surface area contributed by atoms with Crippen molar-refractivity contribution < 1.29 is 9.59 Å². The van der Waals surface area contributed by atoms with Crippen LogP contribution in [0.3, 0.4) is 0 Å². The van der Waals surface area contributed by atoms with E-state index in [2.05, 4.69) is 5.43 Å². The number of hydrazine groups is 1. The minimum Gasteiger partial charge on any atom is -0.321 e. The maximum Gasteiger partial charge on any atom is 0.203 e. The number of rotatable bonds is 1. The Morgan fingerprint density at radius 2 is 2.00 bits per heavy atom. The zero-order chi connectivity index (χ0) is 7.56. The van der Waals surface area contributed by atoms with Gasteiger partial charge in [-0.2, -0.15) is 0 Å². The lowest BCUT2D eigenvalue weighted by atomic mass is 10.1. The largest absolute Gasteiger partial charge is 0.321 e. The topological polar surface area (TPSA) is 72.2 Å². The van der Waals surface area contributed by atoms with Crippen LogP contribution in [0.5, 0.6) is 0 Å². The average Bonchev–Trinajstić information content (AvgIpc) is 1.94. The van der Waals surface area contributed by atoms with Crippen LogP contribution in [0.2, 0.25) is 0 Å². The second-order valence-corrected chi connectivity index (χ2v) is 1.80. The van der Waals surface area contributed by atoms with Gasteiger partial charge in [-0.3, -0.25) is 15.4 Å². The molecule has 3 N–H and O–H groups in total. The summed E-state index contributed by atoms with van der Waals surface area (Å²) in [5.41, 5.74) is 2.26. The number of carbonyl (C=O) groups is 2. The third kappa shape index (κ3) is 1.11. The molecule has 0 saturated heterocycles. The molecule has 0 aromatic rings. The van der Waals surface area contributed by atoms with Gasteiger partial charge in [0.05, 0.1) is 0 Å². The van der Waals surface area contributed by atoms with Crippen LogP contribution in [-0.2, 0) is 9.59 Å². The van der Waals surface area contributed by atoms with E-state index in [9.17, 15) is 9.59 Å². The molecule has 4 heteroatoms. The summed E-state index contributed by atoms with van der Waals surface area (Å²) in [5.74, 6) is 4.43. The highest BCUT2D eigenvalue weighted by atomic mass is 16.1. The molecule has 0 unspecified atom stereocenters. The van der Waals surface area contributed by atoms with Gasteiger partial charge in [-0.1, -0.05) is 0 Å². The summed E-state index contributed by atoms with van der Waals surface area (Å²) in [4.78, 5) is 21.3. The van der Waals surface area contributed by atoms with E-state index in [1.54, 1.807) is 0 Å². The van der Waals surface area contributed by atoms with Crippen molar-refractivity contribution in [3.63, 3.8) is 0 Å². The van der Waals surface area contributed by atoms with Gasteiger partial charge in [0.15, 0.2) is 5.78 Å². The number of carbonyl (C=O) groups excluding carboxylic acids is 2. The fourth-order valence-electron chi connectivity index (χ4n) is 0.622. The van der Waals surface area contributed by atoms with E-state index in [1.165, 1.54) is 12.2 Å². The van der Waals surface area contributed by atoms with Crippen molar-refractivity contribution in [2.45, 2.75) is 0 Å². The highest BCUT2D eigenvalue weighted by Crippen LogP contribution is 1.99. The Morgan fingerprint density at radius 1 is 1.30 bits per heavy atom. The van der Waals surface area contributed by atoms with Gasteiger partial charge in [0.2, 0.25) is 5.78 Å². The Labute approximate surface area is 57.4 Å². The SMILES string of the molecule is NNC1=CC(=O)C=CC1=O. The van der Waals surface area contributed by atoms with E-state index in [0.29, 0.717) is 0 Å². The van der Waals surface area contributed by atoms with Gasteiger partial charge in [-0.25, -0.2) is 0 Å². The Balaban J connectivity index is 2.89. The van der Waals surface area contributed by atoms with Gasteiger partial charge in [-0.05, 0) is 12.2 Å². The molecule has 0 aromatic carbocycles. The molecule has 0 radical (unpaired) electrons. The van der Waals surface area contributed by atoms with Crippen LogP contribution in [0.25, 0.3) is 0 Å². The molecule has 0 aliphatic heterocycles. The van der Waals surface area contributed by atoms with Crippen LogP contribution in [0.15, 0.2) is 23.9 Å². The molecular weight excluding hydrogens is 132 g/mol. The van der Waals surface area contributed by atoms with Crippen LogP contribution in [0, 0.1) is 0 Å². The summed E-state index contributed by atoms with van der Waals surface area (Å²) < 4.78 is 0. The molecule has 1 aliphatic rings. The molecule has 0 amide bonds. The summed E-state index contributed by atoms with van der Waals surface area (Å²) >= 11 is 0. The number of nitrogens with two attached hydrogens (primary N) is 1. The molecule has 4 nitrogen and oxygen atoms in total. The molecule has 0 heterocycles. The van der Waals surface area contributed by atoms with Crippen LogP contribution < -0.4 is 11.3 Å². The van der Waals surface area contributed by atoms with Gasteiger partial charge in [0, 0.05) is 6.08 Å². The third-order valence-electron chi connectivity index (χ3n) is 1.11. The molecular formula is C6H6N2O2. The molecule has 0 bridgehead atoms. The second kappa shape index (κ2) is 2.45. The first-order valence-corrected chi connectivity index (χ1v) is 2.68. The lowest BCUT2D eigenvalue weighted by Gasteiger charge is -2.03. The summed E-state index contributed by atoms with van der Waals surface area (Å²) in [5, 5.41) is 0. The molecule has 0 spiro atoms. The van der Waals surface area contributed by atoms with Crippen LogP contribution in [0.1, 0.15) is 0 Å². The van der Waals surface area contributed by atoms with E-state index >= 15 is 0 Å². The molecule has 0 fully saturated rings. The first-order chi connectivity index (χ1) is 4.74. The van der Waals surface area contributed by atoms with E-state index in [1.807, 2.05) is 0 Å². The molecule has 0 aromatic heterocycles. The maximum atomic E-state index is 10.7. The lowest BCUT2D eigenvalue weighted by molar-refractivity contribution is -0.114. The van der Waals surface area contributed by atoms with Crippen molar-refractivity contribution in [2.24, 2.45) is 5.84 Å². The van der Waals surface area contributed by atoms with Gasteiger partial charge in [0.1, 0.15) is 5.70 Å². The van der Waals surface area contributed by atoms with Gasteiger partial charge in [0.25, 0.3) is 0 Å². The van der Waals surface area contributed by atoms with Crippen molar-refractivity contribution in [1.82, 2.24) is 5.43 Å². The standard InChI is InChI=1S/C6H6N2O2/c7-8-5-3-4(9)1-2-6(5)10/h1-3,8H,7H2. The van der Waals surface area contributed by atoms with E-state index in [-0.39, 0.29) is 17.3 Å². The van der Waals surface area contributed by atoms with Crippen LogP contribution in [-0.4, -0.2) is 11.6 Å². The van der Waals surface area contributed by atoms with E-state index < -0.39 is 0 Å². The second-order valence-electron chi connectivity index (χ2n) is 1.80. The smallest absolute Gasteiger partial charge is 0.203 e. The Kier molecular flexibility index (Phi) is 1.64. The van der Waals surface area contributed by atoms with Crippen molar-refractivity contribution in [3.05, 3.63) is 23.9 Å². The predicted octanol–water partition coefficient (Wildman–Crippen LogP) is -0.958. The zero-order valence-electron chi connectivity index (χ0n) is 5.13. The molecule has 52 valence electrons. The number of nitrogens with one attached hydrogen (secondary N) is 1. The van der Waals surface area contributed by atoms with Crippen LogP contribution in [0.4, 0.5) is 0 Å². The average molecular weight is 138 g/mol. The number of allylic oxidation sites excluding steroid dienone is 3. The Bertz CT molecular complexity index is 240. The van der Waals surface area contributed by atoms with Crippen molar-refractivity contribution in [3.8, 4) is 0 Å². The third-order valence-corrected chi connectivity index (χ3v) is 1.11. The molecule has 0 saturated carbocycles. The minimum atomic E-state index is -0.276. The molecule has 0 atom stereocenters. The first kappa shape index (κ1) is 6.70. The summed E-state index contributed by atoms with van der Waals surface area (Å²) in [6.07, 6.45) is 3.53. The fraction of sp³-hybridized carbons (Fsp3) is 0. The number of ketones is 2. The molecule has 1 rings (SSSR count). The predicted molar refractivity (Wildman–Crippen MR) is 34.6 cm³/mol. The van der Waals surface area contributed by atoms with Crippen molar-refractivity contribution in [1.29, 1.82) is 0 Å². The van der Waals surface area contributed by atoms with Crippen molar-refractivity contribution in [2.75, 3.05) is 0 Å². The highest BCUT2D eigenvalue weighted by molar-refractivity contribution is 6.16. The summed E-state index contributed by atoms with van der Waals surface area (Å²) in [6, 6.07) is 0. The van der Waals surface area contributed by atoms with Gasteiger partial charge in [-0.15, -0.1) is 0 Å². The van der Waals surface area contributed by atoms with E-state index in [4.69, 9.17) is 5.84 Å². The molecule has 10 heavy (non-hydrogen) atoms. The van der Waals surface area contributed by atoms with Gasteiger partial charge < -0.3 is 5.43 Å². The Morgan fingerprint density at radius 3 is 2.50 bits per heavy atom. The molecule has 1 aliphatic carbocycles. The summed E-state index contributed by atoms with van der Waals surface area (Å²) in [6.45, 7) is 0. The summed E-state index contributed by atoms with van der Waals surface area (Å²) in [7, 11) is 0. The fourth-order valence-corrected chi connectivity index (χ4v) is 0.622. The maximum absolute atomic E-state index is 10.7. The zero-order valence-corrected chi connectivity index (χ0v) is 5.13. The monoisotopic (exact) mass is 138 g/mol. The van der Waals surface area contributed by atoms with Gasteiger partial charge >= 0.3 is 0 Å². The quantitative estimate of drug-likeness (QED) is 0.278. The normalized spacial score (nSPS) is 17.1. The van der Waals surface area contributed by atoms with Crippen molar-refractivity contribution >= 4 is 11.6 Å². The van der Waals surface area contributed by atoms with Crippen LogP contribution >= 0.6 is 0 Å². The number of hydrogen-bond donors (Lipinski definition) is 2. The Hall–Kier alpha value is -1.42. The minimum absolute atomic E-state index is 0.132. The van der Waals surface area contributed by atoms with E-state index in [0.717, 1.165) is 6.08 Å². The number of hydrogen-bond acceptors (Lipinski definition) is 4. The highest BCUT2D eigenvalue weighted by Gasteiger charge is 2.10. The lowest BCUT2D eigenvalue weighted by Crippen LogP contribution is -2.28. The first-order valence-electron chi connectivity index (χ1n) is 2.68.